The van der Waals surface area contributed by atoms with Gasteiger partial charge in [-0.25, -0.2) is 4.98 Å². The van der Waals surface area contributed by atoms with Gasteiger partial charge in [-0.3, -0.25) is 4.79 Å². The number of rotatable bonds is 4. The lowest BCUT2D eigenvalue weighted by Crippen LogP contribution is -2.27. The number of amides is 1. The van der Waals surface area contributed by atoms with Gasteiger partial charge in [0.05, 0.1) is 0 Å². The van der Waals surface area contributed by atoms with Gasteiger partial charge in [0.1, 0.15) is 5.65 Å². The van der Waals surface area contributed by atoms with Gasteiger partial charge >= 0.3 is 0 Å². The molecule has 1 aromatic carbocycles. The van der Waals surface area contributed by atoms with Gasteiger partial charge in [-0.15, -0.1) is 0 Å². The molecule has 0 spiro atoms. The van der Waals surface area contributed by atoms with Crippen molar-refractivity contribution < 1.29 is 4.79 Å². The molecule has 0 radical (unpaired) electrons. The Labute approximate surface area is 129 Å². The molecule has 112 valence electrons. The number of pyridine rings is 1. The van der Waals surface area contributed by atoms with E-state index in [1.165, 1.54) is 0 Å². The van der Waals surface area contributed by atoms with E-state index in [0.717, 1.165) is 22.2 Å². The van der Waals surface area contributed by atoms with E-state index in [-0.39, 0.29) is 5.91 Å². The van der Waals surface area contributed by atoms with Crippen molar-refractivity contribution in [1.82, 2.24) is 15.3 Å². The van der Waals surface area contributed by atoms with E-state index < -0.39 is 0 Å². The third-order valence-corrected chi connectivity index (χ3v) is 3.59. The summed E-state index contributed by atoms with van der Waals surface area (Å²) in [6.07, 6.45) is 3.67. The zero-order chi connectivity index (χ0) is 15.5. The van der Waals surface area contributed by atoms with E-state index in [1.807, 2.05) is 42.6 Å². The van der Waals surface area contributed by atoms with E-state index in [4.69, 9.17) is 0 Å². The van der Waals surface area contributed by atoms with E-state index in [2.05, 4.69) is 29.1 Å². The van der Waals surface area contributed by atoms with Gasteiger partial charge in [0, 0.05) is 29.9 Å². The van der Waals surface area contributed by atoms with Crippen LogP contribution in [0.4, 0.5) is 0 Å². The zero-order valence-electron chi connectivity index (χ0n) is 12.8. The first-order valence-corrected chi connectivity index (χ1v) is 7.46. The number of aromatic amines is 1. The van der Waals surface area contributed by atoms with E-state index >= 15 is 0 Å². The first-order valence-electron chi connectivity index (χ1n) is 7.46. The molecule has 0 fully saturated rings. The molecule has 2 aromatic heterocycles. The fourth-order valence-corrected chi connectivity index (χ4v) is 2.41. The smallest absolute Gasteiger partial charge is 0.251 e. The first kappa shape index (κ1) is 14.3. The second-order valence-electron chi connectivity index (χ2n) is 5.78. The average Bonchev–Trinajstić information content (AvgIpc) is 3.01. The van der Waals surface area contributed by atoms with Gasteiger partial charge in [0.15, 0.2) is 0 Å². The summed E-state index contributed by atoms with van der Waals surface area (Å²) in [5, 5.41) is 4.01. The minimum atomic E-state index is -0.0261. The highest BCUT2D eigenvalue weighted by molar-refractivity contribution is 5.96. The quantitative estimate of drug-likeness (QED) is 0.772. The standard InChI is InChI=1S/C18H19N3O/c1-12(2)11-21-18(22)14-5-3-13(4-6-14)15-7-9-19-17-16(15)8-10-20-17/h3-10,12H,11H2,1-2H3,(H,19,20)(H,21,22). The van der Waals surface area contributed by atoms with Crippen LogP contribution in [0.2, 0.25) is 0 Å². The lowest BCUT2D eigenvalue weighted by Gasteiger charge is -2.08. The van der Waals surface area contributed by atoms with Crippen molar-refractivity contribution in [2.45, 2.75) is 13.8 Å². The largest absolute Gasteiger partial charge is 0.352 e. The van der Waals surface area contributed by atoms with Crippen molar-refractivity contribution >= 4 is 16.9 Å². The topological polar surface area (TPSA) is 57.8 Å². The summed E-state index contributed by atoms with van der Waals surface area (Å²) in [6.45, 7) is 4.85. The molecule has 4 nitrogen and oxygen atoms in total. The number of carbonyl (C=O) groups is 1. The maximum atomic E-state index is 12.0. The molecule has 0 aliphatic carbocycles. The van der Waals surface area contributed by atoms with Gasteiger partial charge in [-0.05, 0) is 41.3 Å². The van der Waals surface area contributed by atoms with E-state index in [0.29, 0.717) is 18.0 Å². The summed E-state index contributed by atoms with van der Waals surface area (Å²) in [5.41, 5.74) is 3.74. The Morgan fingerprint density at radius 2 is 1.95 bits per heavy atom. The van der Waals surface area contributed by atoms with Crippen LogP contribution in [-0.4, -0.2) is 22.4 Å². The number of nitrogens with zero attached hydrogens (tertiary/aromatic N) is 1. The molecule has 0 aliphatic heterocycles. The van der Waals surface area contributed by atoms with Crippen LogP contribution in [0.25, 0.3) is 22.2 Å². The molecule has 4 heteroatoms. The number of hydrogen-bond donors (Lipinski definition) is 2. The summed E-state index contributed by atoms with van der Waals surface area (Å²) in [6, 6.07) is 11.7. The minimum Gasteiger partial charge on any atom is -0.352 e. The van der Waals surface area contributed by atoms with Crippen LogP contribution < -0.4 is 5.32 Å². The summed E-state index contributed by atoms with van der Waals surface area (Å²) >= 11 is 0. The zero-order valence-corrected chi connectivity index (χ0v) is 12.8. The van der Waals surface area contributed by atoms with Crippen molar-refractivity contribution in [1.29, 1.82) is 0 Å². The Balaban J connectivity index is 1.85. The summed E-state index contributed by atoms with van der Waals surface area (Å²) < 4.78 is 0. The Hall–Kier alpha value is -2.62. The monoisotopic (exact) mass is 293 g/mol. The van der Waals surface area contributed by atoms with Crippen molar-refractivity contribution in [2.75, 3.05) is 6.54 Å². The van der Waals surface area contributed by atoms with Crippen molar-refractivity contribution in [3.8, 4) is 11.1 Å². The Morgan fingerprint density at radius 1 is 1.18 bits per heavy atom. The van der Waals surface area contributed by atoms with Crippen molar-refractivity contribution in [3.05, 3.63) is 54.4 Å². The molecular weight excluding hydrogens is 274 g/mol. The van der Waals surface area contributed by atoms with Gasteiger partial charge < -0.3 is 10.3 Å². The van der Waals surface area contributed by atoms with Crippen LogP contribution >= 0.6 is 0 Å². The van der Waals surface area contributed by atoms with Crippen molar-refractivity contribution in [2.24, 2.45) is 5.92 Å². The van der Waals surface area contributed by atoms with Gasteiger partial charge in [0.2, 0.25) is 0 Å². The fourth-order valence-electron chi connectivity index (χ4n) is 2.41. The molecule has 2 heterocycles. The highest BCUT2D eigenvalue weighted by Crippen LogP contribution is 2.27. The molecule has 3 aromatic rings. The summed E-state index contributed by atoms with van der Waals surface area (Å²) in [5.74, 6) is 0.420. The van der Waals surface area contributed by atoms with Crippen LogP contribution in [0.1, 0.15) is 24.2 Å². The number of fused-ring (bicyclic) bond motifs is 1. The number of hydrogen-bond acceptors (Lipinski definition) is 2. The van der Waals surface area contributed by atoms with Crippen molar-refractivity contribution in [3.63, 3.8) is 0 Å². The number of aromatic nitrogens is 2. The molecule has 0 unspecified atom stereocenters. The first-order chi connectivity index (χ1) is 10.6. The molecule has 1 amide bonds. The van der Waals surface area contributed by atoms with Crippen LogP contribution in [0.3, 0.4) is 0 Å². The number of carbonyl (C=O) groups excluding carboxylic acids is 1. The van der Waals surface area contributed by atoms with Gasteiger partial charge in [-0.2, -0.15) is 0 Å². The van der Waals surface area contributed by atoms with Crippen LogP contribution in [0.5, 0.6) is 0 Å². The SMILES string of the molecule is CC(C)CNC(=O)c1ccc(-c2ccnc3[nH]ccc23)cc1. The summed E-state index contributed by atoms with van der Waals surface area (Å²) in [7, 11) is 0. The molecule has 0 bridgehead atoms. The Kier molecular flexibility index (Phi) is 3.92. The maximum absolute atomic E-state index is 12.0. The third-order valence-electron chi connectivity index (χ3n) is 3.59. The second-order valence-corrected chi connectivity index (χ2v) is 5.78. The Bertz CT molecular complexity index is 787. The molecule has 0 atom stereocenters. The average molecular weight is 293 g/mol. The predicted molar refractivity (Wildman–Crippen MR) is 88.7 cm³/mol. The number of nitrogens with one attached hydrogen (secondary N) is 2. The third kappa shape index (κ3) is 2.86. The predicted octanol–water partition coefficient (Wildman–Crippen LogP) is 3.62. The van der Waals surface area contributed by atoms with Gasteiger partial charge in [-0.1, -0.05) is 26.0 Å². The lowest BCUT2D eigenvalue weighted by molar-refractivity contribution is 0.0949. The van der Waals surface area contributed by atoms with Crippen LogP contribution in [0, 0.1) is 5.92 Å². The normalized spacial score (nSPS) is 11.0. The lowest BCUT2D eigenvalue weighted by atomic mass is 10.0. The highest BCUT2D eigenvalue weighted by Gasteiger charge is 2.08. The number of benzene rings is 1. The minimum absolute atomic E-state index is 0.0261. The second kappa shape index (κ2) is 6.02. The van der Waals surface area contributed by atoms with Crippen LogP contribution in [0.15, 0.2) is 48.8 Å². The van der Waals surface area contributed by atoms with Crippen LogP contribution in [-0.2, 0) is 0 Å². The summed E-state index contributed by atoms with van der Waals surface area (Å²) in [4.78, 5) is 19.4. The molecule has 3 rings (SSSR count). The maximum Gasteiger partial charge on any atom is 0.251 e. The molecule has 0 saturated carbocycles. The van der Waals surface area contributed by atoms with E-state index in [9.17, 15) is 4.79 Å². The molecule has 2 N–H and O–H groups in total. The van der Waals surface area contributed by atoms with Gasteiger partial charge in [0.25, 0.3) is 5.91 Å². The van der Waals surface area contributed by atoms with E-state index in [1.54, 1.807) is 6.20 Å². The fraction of sp³-hybridized carbons (Fsp3) is 0.222. The Morgan fingerprint density at radius 3 is 2.68 bits per heavy atom. The molecule has 0 saturated heterocycles. The molecular formula is C18H19N3O. The molecule has 0 aliphatic rings. The number of H-pyrrole nitrogens is 1. The molecule has 22 heavy (non-hydrogen) atoms. The highest BCUT2D eigenvalue weighted by atomic mass is 16.1.